The summed E-state index contributed by atoms with van der Waals surface area (Å²) in [6.07, 6.45) is 0. The molecule has 0 spiro atoms. The van der Waals surface area contributed by atoms with Gasteiger partial charge in [-0.2, -0.15) is 0 Å². The fourth-order valence-corrected chi connectivity index (χ4v) is 2.29. The molecule has 122 valence electrons. The third-order valence-electron chi connectivity index (χ3n) is 3.94. The number of nitrogens with zero attached hydrogens (tertiary/aromatic N) is 1. The molecule has 0 aliphatic carbocycles. The van der Waals surface area contributed by atoms with Crippen LogP contribution < -0.4 is 10.1 Å². The van der Waals surface area contributed by atoms with Gasteiger partial charge in [-0.25, -0.2) is 0 Å². The number of nitrogens with one attached hydrogen (secondary N) is 1. The van der Waals surface area contributed by atoms with Crippen LogP contribution in [0.2, 0.25) is 0 Å². The summed E-state index contributed by atoms with van der Waals surface area (Å²) in [6.45, 7) is 3.19. The van der Waals surface area contributed by atoms with E-state index in [1.54, 1.807) is 7.11 Å². The molecule has 4 heteroatoms. The van der Waals surface area contributed by atoms with Gasteiger partial charge >= 0.3 is 0 Å². The average Bonchev–Trinajstić information content (AvgIpc) is 2.60. The van der Waals surface area contributed by atoms with Crippen molar-refractivity contribution in [3.63, 3.8) is 0 Å². The minimum Gasteiger partial charge on any atom is -0.497 e. The lowest BCUT2D eigenvalue weighted by Gasteiger charge is -2.24. The predicted octanol–water partition coefficient (Wildman–Crippen LogP) is 2.83. The van der Waals surface area contributed by atoms with Crippen molar-refractivity contribution in [2.45, 2.75) is 26.1 Å². The Morgan fingerprint density at radius 3 is 2.35 bits per heavy atom. The molecule has 0 saturated carbocycles. The van der Waals surface area contributed by atoms with Gasteiger partial charge in [0.05, 0.1) is 13.2 Å². The van der Waals surface area contributed by atoms with Gasteiger partial charge in [0.25, 0.3) is 0 Å². The molecule has 1 amide bonds. The van der Waals surface area contributed by atoms with E-state index >= 15 is 0 Å². The van der Waals surface area contributed by atoms with Gasteiger partial charge in [-0.1, -0.05) is 42.5 Å². The van der Waals surface area contributed by atoms with Crippen LogP contribution in [0.1, 0.15) is 18.1 Å². The highest BCUT2D eigenvalue weighted by molar-refractivity contribution is 5.81. The second-order valence-electron chi connectivity index (χ2n) is 5.64. The van der Waals surface area contributed by atoms with Gasteiger partial charge in [0.1, 0.15) is 5.75 Å². The van der Waals surface area contributed by atoms with Crippen molar-refractivity contribution in [2.24, 2.45) is 0 Å². The molecular weight excluding hydrogens is 288 g/mol. The van der Waals surface area contributed by atoms with Crippen LogP contribution in [-0.2, 0) is 17.9 Å². The summed E-state index contributed by atoms with van der Waals surface area (Å²) in [7, 11) is 3.61. The maximum absolute atomic E-state index is 12.3. The largest absolute Gasteiger partial charge is 0.497 e. The zero-order chi connectivity index (χ0) is 16.7. The number of rotatable bonds is 7. The second-order valence-corrected chi connectivity index (χ2v) is 5.64. The highest BCUT2D eigenvalue weighted by Gasteiger charge is 2.17. The van der Waals surface area contributed by atoms with E-state index < -0.39 is 0 Å². The first-order chi connectivity index (χ1) is 11.1. The standard InChI is InChI=1S/C19H24N2O2/c1-15(19(22)20-13-16-7-5-4-6-8-16)21(2)14-17-9-11-18(23-3)12-10-17/h4-12,15H,13-14H2,1-3H3,(H,20,22)/t15-/m1/s1. The molecular formula is C19H24N2O2. The van der Waals surface area contributed by atoms with Gasteiger partial charge in [-0.15, -0.1) is 0 Å². The number of hydrogen-bond donors (Lipinski definition) is 1. The van der Waals surface area contributed by atoms with Crippen LogP contribution >= 0.6 is 0 Å². The van der Waals surface area contributed by atoms with Crippen molar-refractivity contribution in [1.29, 1.82) is 0 Å². The Hall–Kier alpha value is -2.33. The zero-order valence-corrected chi connectivity index (χ0v) is 14.0. The number of carbonyl (C=O) groups excluding carboxylic acids is 1. The highest BCUT2D eigenvalue weighted by atomic mass is 16.5. The summed E-state index contributed by atoms with van der Waals surface area (Å²) in [6, 6.07) is 17.6. The van der Waals surface area contributed by atoms with E-state index in [4.69, 9.17) is 4.74 Å². The molecule has 0 aromatic heterocycles. The minimum atomic E-state index is -0.194. The molecule has 1 atom stereocenters. The van der Waals surface area contributed by atoms with E-state index in [1.165, 1.54) is 0 Å². The normalized spacial score (nSPS) is 12.0. The third kappa shape index (κ3) is 5.11. The maximum Gasteiger partial charge on any atom is 0.237 e. The first kappa shape index (κ1) is 17.0. The van der Waals surface area contributed by atoms with Gasteiger partial charge in [0, 0.05) is 13.1 Å². The smallest absolute Gasteiger partial charge is 0.237 e. The Labute approximate surface area is 138 Å². The van der Waals surface area contributed by atoms with E-state index in [9.17, 15) is 4.79 Å². The van der Waals surface area contributed by atoms with E-state index in [2.05, 4.69) is 5.32 Å². The minimum absolute atomic E-state index is 0.0323. The Balaban J connectivity index is 1.85. The Kier molecular flexibility index (Phi) is 6.18. The monoisotopic (exact) mass is 312 g/mol. The molecule has 0 heterocycles. The van der Waals surface area contributed by atoms with Gasteiger partial charge in [-0.3, -0.25) is 9.69 Å². The molecule has 2 aromatic rings. The van der Waals surface area contributed by atoms with E-state index in [1.807, 2.05) is 73.5 Å². The van der Waals surface area contributed by atoms with Crippen LogP contribution in [-0.4, -0.2) is 31.0 Å². The fraction of sp³-hybridized carbons (Fsp3) is 0.316. The first-order valence-electron chi connectivity index (χ1n) is 7.75. The molecule has 1 N–H and O–H groups in total. The summed E-state index contributed by atoms with van der Waals surface area (Å²) in [5, 5.41) is 2.98. The Bertz CT molecular complexity index is 611. The topological polar surface area (TPSA) is 41.6 Å². The zero-order valence-electron chi connectivity index (χ0n) is 14.0. The first-order valence-corrected chi connectivity index (χ1v) is 7.75. The van der Waals surface area contributed by atoms with Crippen LogP contribution in [0.3, 0.4) is 0 Å². The maximum atomic E-state index is 12.3. The lowest BCUT2D eigenvalue weighted by molar-refractivity contribution is -0.125. The summed E-state index contributed by atoms with van der Waals surface area (Å²) >= 11 is 0. The van der Waals surface area contributed by atoms with Crippen molar-refractivity contribution in [3.05, 3.63) is 65.7 Å². The Morgan fingerprint density at radius 2 is 1.74 bits per heavy atom. The van der Waals surface area contributed by atoms with Crippen LogP contribution in [0.5, 0.6) is 5.75 Å². The van der Waals surface area contributed by atoms with Crippen molar-refractivity contribution in [3.8, 4) is 5.75 Å². The highest BCUT2D eigenvalue weighted by Crippen LogP contribution is 2.13. The molecule has 4 nitrogen and oxygen atoms in total. The molecule has 2 rings (SSSR count). The number of methoxy groups -OCH3 is 1. The van der Waals surface area contributed by atoms with Crippen LogP contribution in [0.15, 0.2) is 54.6 Å². The predicted molar refractivity (Wildman–Crippen MR) is 92.2 cm³/mol. The Morgan fingerprint density at radius 1 is 1.09 bits per heavy atom. The lowest BCUT2D eigenvalue weighted by Crippen LogP contribution is -2.42. The number of carbonyl (C=O) groups is 1. The molecule has 0 saturated heterocycles. The van der Waals surface area contributed by atoms with Gasteiger partial charge in [0.2, 0.25) is 5.91 Å². The van der Waals surface area contributed by atoms with E-state index in [-0.39, 0.29) is 11.9 Å². The molecule has 0 aliphatic rings. The quantitative estimate of drug-likeness (QED) is 0.855. The second kappa shape index (κ2) is 8.34. The molecule has 23 heavy (non-hydrogen) atoms. The fourth-order valence-electron chi connectivity index (χ4n) is 2.29. The van der Waals surface area contributed by atoms with Gasteiger partial charge in [-0.05, 0) is 37.2 Å². The van der Waals surface area contributed by atoms with E-state index in [0.717, 1.165) is 16.9 Å². The van der Waals surface area contributed by atoms with Crippen molar-refractivity contribution >= 4 is 5.91 Å². The number of likely N-dealkylation sites (N-methyl/N-ethyl adjacent to an activating group) is 1. The summed E-state index contributed by atoms with van der Waals surface area (Å²) in [5.41, 5.74) is 2.25. The van der Waals surface area contributed by atoms with Crippen LogP contribution in [0.4, 0.5) is 0 Å². The lowest BCUT2D eigenvalue weighted by atomic mass is 10.1. The molecule has 2 aromatic carbocycles. The van der Waals surface area contributed by atoms with Crippen LogP contribution in [0.25, 0.3) is 0 Å². The molecule has 0 radical (unpaired) electrons. The van der Waals surface area contributed by atoms with Crippen LogP contribution in [0, 0.1) is 0 Å². The SMILES string of the molecule is COc1ccc(CN(C)[C@H](C)C(=O)NCc2ccccc2)cc1. The molecule has 0 unspecified atom stereocenters. The molecule has 0 bridgehead atoms. The average molecular weight is 312 g/mol. The number of benzene rings is 2. The summed E-state index contributed by atoms with van der Waals surface area (Å²) in [5.74, 6) is 0.870. The summed E-state index contributed by atoms with van der Waals surface area (Å²) in [4.78, 5) is 14.3. The van der Waals surface area contributed by atoms with Gasteiger partial charge in [0.15, 0.2) is 0 Å². The number of ether oxygens (including phenoxy) is 1. The van der Waals surface area contributed by atoms with Crippen molar-refractivity contribution in [1.82, 2.24) is 10.2 Å². The van der Waals surface area contributed by atoms with Crippen molar-refractivity contribution < 1.29 is 9.53 Å². The summed E-state index contributed by atoms with van der Waals surface area (Å²) < 4.78 is 5.16. The molecule has 0 aliphatic heterocycles. The number of hydrogen-bond acceptors (Lipinski definition) is 3. The third-order valence-corrected chi connectivity index (χ3v) is 3.94. The molecule has 0 fully saturated rings. The van der Waals surface area contributed by atoms with E-state index in [0.29, 0.717) is 13.1 Å². The number of amides is 1. The van der Waals surface area contributed by atoms with Crippen molar-refractivity contribution in [2.75, 3.05) is 14.2 Å². The van der Waals surface area contributed by atoms with Gasteiger partial charge < -0.3 is 10.1 Å².